The largest absolute Gasteiger partial charge is 0.385 e. The molecule has 2 nitrogen and oxygen atoms in total. The molecule has 0 aliphatic heterocycles. The topological polar surface area (TPSA) is 21.3 Å². The molecule has 0 saturated heterocycles. The number of unbranched alkanes of at least 4 members (excludes halogenated alkanes) is 1. The summed E-state index contributed by atoms with van der Waals surface area (Å²) < 4.78 is 5.08. The maximum atomic E-state index is 5.08. The summed E-state index contributed by atoms with van der Waals surface area (Å²) in [6, 6.07) is 9.15. The van der Waals surface area contributed by atoms with Crippen LogP contribution in [0.4, 0.5) is 0 Å². The van der Waals surface area contributed by atoms with E-state index in [-0.39, 0.29) is 0 Å². The zero-order valence-corrected chi connectivity index (χ0v) is 12.9. The van der Waals surface area contributed by atoms with Crippen molar-refractivity contribution in [2.24, 2.45) is 0 Å². The average molecular weight is 295 g/mol. The van der Waals surface area contributed by atoms with Gasteiger partial charge in [-0.05, 0) is 42.3 Å². The van der Waals surface area contributed by atoms with E-state index >= 15 is 0 Å². The highest BCUT2D eigenvalue weighted by Gasteiger charge is 2.13. The Labute approximate surface area is 123 Å². The number of hydrogen-bond donors (Lipinski definition) is 1. The molecule has 0 spiro atoms. The second kappa shape index (κ2) is 8.48. The van der Waals surface area contributed by atoms with E-state index in [1.165, 1.54) is 16.2 Å². The van der Waals surface area contributed by atoms with E-state index < -0.39 is 0 Å². The molecule has 4 heteroatoms. The van der Waals surface area contributed by atoms with Gasteiger partial charge in [0.25, 0.3) is 0 Å². The lowest BCUT2D eigenvalue weighted by Crippen LogP contribution is -2.23. The van der Waals surface area contributed by atoms with Crippen LogP contribution in [0.1, 0.15) is 28.6 Å². The van der Waals surface area contributed by atoms with E-state index in [1.54, 1.807) is 7.11 Å². The molecule has 2 aromatic rings. The zero-order valence-electron chi connectivity index (χ0n) is 11.3. The first-order valence-electron chi connectivity index (χ1n) is 6.68. The molecular weight excluding hydrogens is 274 g/mol. The summed E-state index contributed by atoms with van der Waals surface area (Å²) >= 11 is 3.68. The molecule has 0 fully saturated rings. The number of hydrogen-bond acceptors (Lipinski definition) is 4. The van der Waals surface area contributed by atoms with E-state index in [0.29, 0.717) is 6.04 Å². The molecule has 0 aliphatic rings. The molecule has 0 aliphatic carbocycles. The molecule has 2 rings (SSSR count). The van der Waals surface area contributed by atoms with Crippen LogP contribution >= 0.6 is 22.7 Å². The molecule has 104 valence electrons. The lowest BCUT2D eigenvalue weighted by molar-refractivity contribution is 0.192. The van der Waals surface area contributed by atoms with Crippen LogP contribution in [0.3, 0.4) is 0 Å². The molecule has 0 amide bonds. The minimum Gasteiger partial charge on any atom is -0.385 e. The molecule has 2 aromatic heterocycles. The second-order valence-electron chi connectivity index (χ2n) is 4.51. The van der Waals surface area contributed by atoms with E-state index in [1.807, 2.05) is 22.7 Å². The predicted octanol–water partition coefficient (Wildman–Crippen LogP) is 4.11. The summed E-state index contributed by atoms with van der Waals surface area (Å²) in [6.45, 7) is 1.91. The fraction of sp³-hybridized carbons (Fsp3) is 0.467. The summed E-state index contributed by atoms with van der Waals surface area (Å²) in [4.78, 5) is 2.88. The highest BCUT2D eigenvalue weighted by molar-refractivity contribution is 7.10. The monoisotopic (exact) mass is 295 g/mol. The van der Waals surface area contributed by atoms with Crippen molar-refractivity contribution in [2.75, 3.05) is 20.3 Å². The van der Waals surface area contributed by atoms with Gasteiger partial charge in [-0.3, -0.25) is 0 Å². The van der Waals surface area contributed by atoms with Crippen LogP contribution in [-0.4, -0.2) is 20.3 Å². The number of thiophene rings is 2. The molecular formula is C15H21NOS2. The number of methoxy groups -OCH3 is 1. The molecule has 0 aromatic carbocycles. The lowest BCUT2D eigenvalue weighted by Gasteiger charge is -2.16. The van der Waals surface area contributed by atoms with Crippen molar-refractivity contribution in [1.82, 2.24) is 5.32 Å². The molecule has 1 N–H and O–H groups in total. The fourth-order valence-electron chi connectivity index (χ4n) is 2.04. The smallest absolute Gasteiger partial charge is 0.0463 e. The SMILES string of the molecule is COCCCCNC(Cc1cccs1)c1cccs1. The molecule has 2 heterocycles. The Balaban J connectivity index is 1.84. The summed E-state index contributed by atoms with van der Waals surface area (Å²) in [7, 11) is 1.76. The first-order chi connectivity index (χ1) is 9.40. The first kappa shape index (κ1) is 14.7. The molecule has 0 bridgehead atoms. The Kier molecular flexibility index (Phi) is 6.57. The van der Waals surface area contributed by atoms with Gasteiger partial charge in [-0.2, -0.15) is 0 Å². The Bertz CT molecular complexity index is 425. The van der Waals surface area contributed by atoms with Gasteiger partial charge >= 0.3 is 0 Å². The van der Waals surface area contributed by atoms with Gasteiger partial charge < -0.3 is 10.1 Å². The van der Waals surface area contributed by atoms with Crippen LogP contribution in [0.2, 0.25) is 0 Å². The Morgan fingerprint density at radius 3 is 2.68 bits per heavy atom. The molecule has 1 atom stereocenters. The van der Waals surface area contributed by atoms with Crippen LogP contribution in [0, 0.1) is 0 Å². The molecule has 1 unspecified atom stereocenters. The van der Waals surface area contributed by atoms with Crippen LogP contribution < -0.4 is 5.32 Å². The third-order valence-electron chi connectivity index (χ3n) is 3.04. The molecule has 19 heavy (non-hydrogen) atoms. The quantitative estimate of drug-likeness (QED) is 0.703. The third-order valence-corrected chi connectivity index (χ3v) is 4.92. The van der Waals surface area contributed by atoms with Crippen molar-refractivity contribution < 1.29 is 4.74 Å². The fourth-order valence-corrected chi connectivity index (χ4v) is 3.59. The Morgan fingerprint density at radius 1 is 1.16 bits per heavy atom. The second-order valence-corrected chi connectivity index (χ2v) is 6.52. The van der Waals surface area contributed by atoms with Crippen LogP contribution in [0.5, 0.6) is 0 Å². The van der Waals surface area contributed by atoms with Gasteiger partial charge in [0.1, 0.15) is 0 Å². The van der Waals surface area contributed by atoms with Crippen LogP contribution in [-0.2, 0) is 11.2 Å². The lowest BCUT2D eigenvalue weighted by atomic mass is 10.1. The van der Waals surface area contributed by atoms with Crippen molar-refractivity contribution in [2.45, 2.75) is 25.3 Å². The van der Waals surface area contributed by atoms with E-state index in [4.69, 9.17) is 4.74 Å². The molecule has 0 radical (unpaired) electrons. The summed E-state index contributed by atoms with van der Waals surface area (Å²) in [5.74, 6) is 0. The minimum absolute atomic E-state index is 0.446. The summed E-state index contributed by atoms with van der Waals surface area (Å²) in [5, 5.41) is 7.99. The van der Waals surface area contributed by atoms with Crippen molar-refractivity contribution in [3.8, 4) is 0 Å². The van der Waals surface area contributed by atoms with Crippen LogP contribution in [0.15, 0.2) is 35.0 Å². The first-order valence-corrected chi connectivity index (χ1v) is 8.44. The number of rotatable bonds is 9. The van der Waals surface area contributed by atoms with Crippen molar-refractivity contribution in [3.63, 3.8) is 0 Å². The van der Waals surface area contributed by atoms with E-state index in [2.05, 4.69) is 40.3 Å². The van der Waals surface area contributed by atoms with Gasteiger partial charge in [0.2, 0.25) is 0 Å². The van der Waals surface area contributed by atoms with Gasteiger partial charge in [-0.1, -0.05) is 12.1 Å². The third kappa shape index (κ3) is 5.07. The predicted molar refractivity (Wildman–Crippen MR) is 84.2 cm³/mol. The minimum atomic E-state index is 0.446. The van der Waals surface area contributed by atoms with Gasteiger partial charge in [0.05, 0.1) is 0 Å². The van der Waals surface area contributed by atoms with Gasteiger partial charge in [0.15, 0.2) is 0 Å². The number of nitrogens with one attached hydrogen (secondary N) is 1. The van der Waals surface area contributed by atoms with E-state index in [0.717, 1.165) is 26.0 Å². The van der Waals surface area contributed by atoms with E-state index in [9.17, 15) is 0 Å². The number of ether oxygens (including phenoxy) is 1. The van der Waals surface area contributed by atoms with Gasteiger partial charge in [-0.25, -0.2) is 0 Å². The molecule has 0 saturated carbocycles. The van der Waals surface area contributed by atoms with Gasteiger partial charge in [-0.15, -0.1) is 22.7 Å². The zero-order chi connectivity index (χ0) is 13.3. The summed E-state index contributed by atoms with van der Waals surface area (Å²) in [6.07, 6.45) is 3.38. The van der Waals surface area contributed by atoms with Crippen molar-refractivity contribution >= 4 is 22.7 Å². The van der Waals surface area contributed by atoms with Crippen molar-refractivity contribution in [1.29, 1.82) is 0 Å². The maximum Gasteiger partial charge on any atom is 0.0463 e. The Hall–Kier alpha value is -0.680. The highest BCUT2D eigenvalue weighted by Crippen LogP contribution is 2.24. The highest BCUT2D eigenvalue weighted by atomic mass is 32.1. The average Bonchev–Trinajstić information content (AvgIpc) is 3.10. The standard InChI is InChI=1S/C15H21NOS2/c1-17-9-3-2-8-16-14(15-7-5-11-19-15)12-13-6-4-10-18-13/h4-7,10-11,14,16H,2-3,8-9,12H2,1H3. The van der Waals surface area contributed by atoms with Crippen molar-refractivity contribution in [3.05, 3.63) is 44.8 Å². The Morgan fingerprint density at radius 2 is 2.00 bits per heavy atom. The van der Waals surface area contributed by atoms with Gasteiger partial charge in [0, 0.05) is 35.9 Å². The maximum absolute atomic E-state index is 5.08. The normalized spacial score (nSPS) is 12.7. The summed E-state index contributed by atoms with van der Waals surface area (Å²) in [5.41, 5.74) is 0. The van der Waals surface area contributed by atoms with Crippen LogP contribution in [0.25, 0.3) is 0 Å².